The Labute approximate surface area is 181 Å². The van der Waals surface area contributed by atoms with Gasteiger partial charge in [-0.25, -0.2) is 0 Å². The van der Waals surface area contributed by atoms with E-state index in [1.807, 2.05) is 0 Å². The molecule has 1 aliphatic rings. The van der Waals surface area contributed by atoms with Gasteiger partial charge in [-0.2, -0.15) is 0 Å². The summed E-state index contributed by atoms with van der Waals surface area (Å²) >= 11 is 5.34. The fourth-order valence-corrected chi connectivity index (χ4v) is 3.72. The Morgan fingerprint density at radius 1 is 1.21 bits per heavy atom. The van der Waals surface area contributed by atoms with Gasteiger partial charge < -0.3 is 20.3 Å². The minimum Gasteiger partial charge on any atom is -0.466 e. The molecule has 1 rings (SSSR count). The molecule has 2 N–H and O–H groups in total. The van der Waals surface area contributed by atoms with Crippen LogP contribution in [-0.4, -0.2) is 54.2 Å². The van der Waals surface area contributed by atoms with Crippen molar-refractivity contribution in [3.05, 3.63) is 12.7 Å². The quantitative estimate of drug-likeness (QED) is 0.180. The van der Waals surface area contributed by atoms with Crippen LogP contribution < -0.4 is 10.6 Å². The Bertz CT molecular complexity index is 514. The fourth-order valence-electron chi connectivity index (χ4n) is 3.41. The fraction of sp³-hybridized carbons (Fsp3) is 0.773. The Hall–Kier alpha value is -1.63. The molecule has 1 saturated heterocycles. The maximum absolute atomic E-state index is 12.2. The molecule has 166 valence electrons. The van der Waals surface area contributed by atoms with Crippen molar-refractivity contribution in [2.45, 2.75) is 83.6 Å². The second-order valence-electron chi connectivity index (χ2n) is 7.58. The molecule has 1 heterocycles. The van der Waals surface area contributed by atoms with Gasteiger partial charge in [-0.15, -0.1) is 6.58 Å². The topological polar surface area (TPSA) is 70.7 Å². The number of carbonyl (C=O) groups is 2. The Morgan fingerprint density at radius 3 is 2.45 bits per heavy atom. The highest BCUT2D eigenvalue weighted by molar-refractivity contribution is 7.80. The van der Waals surface area contributed by atoms with E-state index in [0.717, 1.165) is 12.8 Å². The van der Waals surface area contributed by atoms with Crippen LogP contribution in [0.4, 0.5) is 0 Å². The number of amides is 1. The first-order valence-corrected chi connectivity index (χ1v) is 11.6. The lowest BCUT2D eigenvalue weighted by molar-refractivity contribution is -0.147. The van der Waals surface area contributed by atoms with E-state index in [2.05, 4.69) is 24.1 Å². The first-order valence-electron chi connectivity index (χ1n) is 11.2. The molecule has 0 spiro atoms. The van der Waals surface area contributed by atoms with Gasteiger partial charge >= 0.3 is 5.97 Å². The van der Waals surface area contributed by atoms with E-state index in [4.69, 9.17) is 17.0 Å². The van der Waals surface area contributed by atoms with Gasteiger partial charge in [-0.1, -0.05) is 70.8 Å². The number of unbranched alkanes of at least 4 members (excludes halogenated alkanes) is 9. The summed E-state index contributed by atoms with van der Waals surface area (Å²) in [5.41, 5.74) is 0. The number of carbonyl (C=O) groups excluding carboxylic acids is 2. The summed E-state index contributed by atoms with van der Waals surface area (Å²) in [6.07, 6.45) is 14.1. The van der Waals surface area contributed by atoms with Crippen molar-refractivity contribution in [1.82, 2.24) is 15.5 Å². The molecule has 0 aromatic heterocycles. The molecule has 1 unspecified atom stereocenters. The van der Waals surface area contributed by atoms with Crippen LogP contribution in [0.2, 0.25) is 0 Å². The molecule has 0 saturated carbocycles. The van der Waals surface area contributed by atoms with E-state index in [-0.39, 0.29) is 18.3 Å². The normalized spacial score (nSPS) is 16.2. The third-order valence-electron chi connectivity index (χ3n) is 5.11. The minimum absolute atomic E-state index is 0.0134. The summed E-state index contributed by atoms with van der Waals surface area (Å²) in [5, 5.41) is 6.28. The van der Waals surface area contributed by atoms with Crippen LogP contribution in [-0.2, 0) is 14.3 Å². The van der Waals surface area contributed by atoms with Crippen molar-refractivity contribution in [1.29, 1.82) is 0 Å². The largest absolute Gasteiger partial charge is 0.466 e. The number of nitrogens with one attached hydrogen (secondary N) is 2. The van der Waals surface area contributed by atoms with Crippen LogP contribution >= 0.6 is 12.2 Å². The number of ether oxygens (including phenoxy) is 1. The van der Waals surface area contributed by atoms with Gasteiger partial charge in [-0.05, 0) is 18.6 Å². The summed E-state index contributed by atoms with van der Waals surface area (Å²) in [6.45, 7) is 7.91. The molecule has 1 fully saturated rings. The highest BCUT2D eigenvalue weighted by atomic mass is 32.1. The van der Waals surface area contributed by atoms with E-state index < -0.39 is 6.04 Å². The number of piperazine rings is 1. The molecule has 0 aliphatic carbocycles. The van der Waals surface area contributed by atoms with Gasteiger partial charge in [0, 0.05) is 19.6 Å². The van der Waals surface area contributed by atoms with Gasteiger partial charge in [0.05, 0.1) is 13.0 Å². The van der Waals surface area contributed by atoms with Crippen molar-refractivity contribution in [3.8, 4) is 0 Å². The minimum atomic E-state index is -0.617. The Morgan fingerprint density at radius 2 is 1.83 bits per heavy atom. The van der Waals surface area contributed by atoms with Gasteiger partial charge in [0.1, 0.15) is 6.04 Å². The van der Waals surface area contributed by atoms with E-state index in [1.165, 1.54) is 51.4 Å². The van der Waals surface area contributed by atoms with E-state index in [0.29, 0.717) is 31.4 Å². The number of hydrogen-bond acceptors (Lipinski definition) is 4. The molecule has 1 aliphatic heterocycles. The monoisotopic (exact) mass is 425 g/mol. The van der Waals surface area contributed by atoms with Gasteiger partial charge in [0.2, 0.25) is 5.91 Å². The highest BCUT2D eigenvalue weighted by Crippen LogP contribution is 2.12. The lowest BCUT2D eigenvalue weighted by Crippen LogP contribution is -2.59. The van der Waals surface area contributed by atoms with Gasteiger partial charge in [0.25, 0.3) is 0 Å². The van der Waals surface area contributed by atoms with Crippen LogP contribution in [0.3, 0.4) is 0 Å². The van der Waals surface area contributed by atoms with Crippen LogP contribution in [0, 0.1) is 0 Å². The summed E-state index contributed by atoms with van der Waals surface area (Å²) in [6, 6.07) is -0.617. The maximum Gasteiger partial charge on any atom is 0.308 e. The predicted octanol–water partition coefficient (Wildman–Crippen LogP) is 3.70. The lowest BCUT2D eigenvalue weighted by Gasteiger charge is -2.36. The number of rotatable bonds is 15. The first-order chi connectivity index (χ1) is 14.1. The molecule has 1 amide bonds. The predicted molar refractivity (Wildman–Crippen MR) is 122 cm³/mol. The zero-order chi connectivity index (χ0) is 21.3. The van der Waals surface area contributed by atoms with E-state index >= 15 is 0 Å². The summed E-state index contributed by atoms with van der Waals surface area (Å²) in [4.78, 5) is 26.2. The molecule has 6 nitrogen and oxygen atoms in total. The lowest BCUT2D eigenvalue weighted by atomic mass is 10.1. The molecular weight excluding hydrogens is 386 g/mol. The molecule has 0 aromatic rings. The van der Waals surface area contributed by atoms with Crippen molar-refractivity contribution in [3.63, 3.8) is 0 Å². The van der Waals surface area contributed by atoms with Crippen molar-refractivity contribution < 1.29 is 14.3 Å². The summed E-state index contributed by atoms with van der Waals surface area (Å²) < 4.78 is 5.35. The second-order valence-corrected chi connectivity index (χ2v) is 7.97. The molecule has 0 bridgehead atoms. The standard InChI is InChI=1S/C22H39N3O3S/c1-3-5-6-7-8-9-10-11-12-13-17-28-20(26)18-19-21(27)23-15-16-25(19)22(29)24-14-4-2/h4,19H,2-3,5-18H2,1H3,(H,23,27)(H,24,29). The van der Waals surface area contributed by atoms with Gasteiger partial charge in [0.15, 0.2) is 5.11 Å². The average molecular weight is 426 g/mol. The highest BCUT2D eigenvalue weighted by Gasteiger charge is 2.33. The Kier molecular flexibility index (Phi) is 14.2. The van der Waals surface area contributed by atoms with Crippen molar-refractivity contribution in [2.24, 2.45) is 0 Å². The van der Waals surface area contributed by atoms with Crippen molar-refractivity contribution in [2.75, 3.05) is 26.2 Å². The van der Waals surface area contributed by atoms with Crippen LogP contribution in [0.5, 0.6) is 0 Å². The summed E-state index contributed by atoms with van der Waals surface area (Å²) in [7, 11) is 0. The Balaban J connectivity index is 2.17. The molecule has 0 radical (unpaired) electrons. The molecule has 0 aromatic carbocycles. The zero-order valence-corrected chi connectivity index (χ0v) is 18.9. The number of esters is 1. The van der Waals surface area contributed by atoms with Crippen LogP contribution in [0.1, 0.15) is 77.6 Å². The smallest absolute Gasteiger partial charge is 0.308 e. The third-order valence-corrected chi connectivity index (χ3v) is 5.49. The zero-order valence-electron chi connectivity index (χ0n) is 18.0. The van der Waals surface area contributed by atoms with E-state index in [1.54, 1.807) is 11.0 Å². The van der Waals surface area contributed by atoms with Crippen LogP contribution in [0.25, 0.3) is 0 Å². The van der Waals surface area contributed by atoms with Crippen LogP contribution in [0.15, 0.2) is 12.7 Å². The molecule has 1 atom stereocenters. The van der Waals surface area contributed by atoms with E-state index in [9.17, 15) is 9.59 Å². The average Bonchev–Trinajstić information content (AvgIpc) is 2.71. The third kappa shape index (κ3) is 11.2. The molecular formula is C22H39N3O3S. The number of nitrogens with zero attached hydrogens (tertiary/aromatic N) is 1. The number of thiocarbonyl (C=S) groups is 1. The molecule has 7 heteroatoms. The van der Waals surface area contributed by atoms with Crippen molar-refractivity contribution >= 4 is 29.2 Å². The first kappa shape index (κ1) is 25.4. The van der Waals surface area contributed by atoms with Gasteiger partial charge in [-0.3, -0.25) is 9.59 Å². The maximum atomic E-state index is 12.2. The summed E-state index contributed by atoms with van der Waals surface area (Å²) in [5.74, 6) is -0.533. The second kappa shape index (κ2) is 16.2. The molecule has 29 heavy (non-hydrogen) atoms. The SMILES string of the molecule is C=CCNC(=S)N1CCNC(=O)C1CC(=O)OCCCCCCCCCCCC. The number of hydrogen-bond donors (Lipinski definition) is 2.